The molecule has 0 spiro atoms. The van der Waals surface area contributed by atoms with Crippen molar-refractivity contribution in [1.82, 2.24) is 5.43 Å². The van der Waals surface area contributed by atoms with E-state index in [9.17, 15) is 14.4 Å². The lowest BCUT2D eigenvalue weighted by Crippen LogP contribution is -2.32. The Morgan fingerprint density at radius 1 is 1.33 bits per heavy atom. The molecule has 2 N–H and O–H groups in total. The van der Waals surface area contributed by atoms with Crippen LogP contribution in [0.25, 0.3) is 0 Å². The van der Waals surface area contributed by atoms with E-state index in [-0.39, 0.29) is 24.1 Å². The summed E-state index contributed by atoms with van der Waals surface area (Å²) in [6.45, 7) is 0. The van der Waals surface area contributed by atoms with Crippen molar-refractivity contribution in [2.45, 2.75) is 19.3 Å². The molecule has 0 aliphatic carbocycles. The maximum absolute atomic E-state index is 12.0. The molecule has 2 aliphatic rings. The van der Waals surface area contributed by atoms with Crippen LogP contribution >= 0.6 is 0 Å². The standard InChI is InChI=1S/C14H14N4O3/c1-18-11-4-2-9(6-8(11)7-13(18)20)15-14(21)10-3-5-12(19)17-16-10/h2,4,6H,3,5,7H2,1H3,(H,15,21)(H,17,19). The van der Waals surface area contributed by atoms with Crippen molar-refractivity contribution in [2.24, 2.45) is 5.10 Å². The summed E-state index contributed by atoms with van der Waals surface area (Å²) >= 11 is 0. The first-order valence-corrected chi connectivity index (χ1v) is 6.61. The SMILES string of the molecule is CN1C(=O)Cc2cc(NC(=O)C3=NNC(=O)CC3)ccc21. The second-order valence-electron chi connectivity index (χ2n) is 5.02. The fourth-order valence-corrected chi connectivity index (χ4v) is 2.39. The maximum Gasteiger partial charge on any atom is 0.271 e. The number of amides is 3. The normalized spacial score (nSPS) is 17.2. The van der Waals surface area contributed by atoms with Crippen LogP contribution in [-0.4, -0.2) is 30.5 Å². The molecule has 3 rings (SSSR count). The first-order chi connectivity index (χ1) is 10.0. The van der Waals surface area contributed by atoms with Gasteiger partial charge < -0.3 is 10.2 Å². The Balaban J connectivity index is 1.75. The summed E-state index contributed by atoms with van der Waals surface area (Å²) in [5.41, 5.74) is 4.95. The molecule has 0 bridgehead atoms. The lowest BCUT2D eigenvalue weighted by molar-refractivity contribution is -0.121. The minimum absolute atomic E-state index is 0.0350. The third kappa shape index (κ3) is 2.49. The molecule has 21 heavy (non-hydrogen) atoms. The van der Waals surface area contributed by atoms with E-state index in [1.54, 1.807) is 30.1 Å². The Labute approximate surface area is 121 Å². The molecule has 2 aliphatic heterocycles. The monoisotopic (exact) mass is 286 g/mol. The number of rotatable bonds is 2. The predicted molar refractivity (Wildman–Crippen MR) is 77.0 cm³/mol. The molecule has 1 aromatic rings. The number of benzene rings is 1. The molecule has 0 atom stereocenters. The average molecular weight is 286 g/mol. The van der Waals surface area contributed by atoms with Crippen molar-refractivity contribution < 1.29 is 14.4 Å². The third-order valence-electron chi connectivity index (χ3n) is 3.58. The van der Waals surface area contributed by atoms with Crippen molar-refractivity contribution in [3.8, 4) is 0 Å². The molecule has 108 valence electrons. The van der Waals surface area contributed by atoms with Gasteiger partial charge in [0.15, 0.2) is 0 Å². The van der Waals surface area contributed by atoms with E-state index in [1.807, 2.05) is 0 Å². The van der Waals surface area contributed by atoms with Crippen LogP contribution < -0.4 is 15.6 Å². The van der Waals surface area contributed by atoms with Gasteiger partial charge in [-0.2, -0.15) is 5.10 Å². The second kappa shape index (κ2) is 5.01. The predicted octanol–water partition coefficient (Wildman–Crippen LogP) is 0.410. The van der Waals surface area contributed by atoms with Crippen LogP contribution in [0.2, 0.25) is 0 Å². The minimum atomic E-state index is -0.340. The zero-order valence-electron chi connectivity index (χ0n) is 11.5. The summed E-state index contributed by atoms with van der Waals surface area (Å²) in [4.78, 5) is 36.2. The van der Waals surface area contributed by atoms with Crippen LogP contribution in [0.5, 0.6) is 0 Å². The topological polar surface area (TPSA) is 90.9 Å². The highest BCUT2D eigenvalue weighted by Gasteiger charge is 2.24. The van der Waals surface area contributed by atoms with Crippen molar-refractivity contribution in [3.05, 3.63) is 23.8 Å². The van der Waals surface area contributed by atoms with Gasteiger partial charge in [-0.25, -0.2) is 5.43 Å². The molecule has 0 radical (unpaired) electrons. The summed E-state index contributed by atoms with van der Waals surface area (Å²) in [7, 11) is 1.73. The molecule has 7 heteroatoms. The lowest BCUT2D eigenvalue weighted by atomic mass is 10.1. The van der Waals surface area contributed by atoms with Gasteiger partial charge in [0.1, 0.15) is 5.71 Å². The van der Waals surface area contributed by atoms with Crippen LogP contribution in [0.1, 0.15) is 18.4 Å². The Kier molecular flexibility index (Phi) is 3.17. The van der Waals surface area contributed by atoms with E-state index in [0.717, 1.165) is 11.3 Å². The number of nitrogens with zero attached hydrogens (tertiary/aromatic N) is 2. The molecule has 0 saturated carbocycles. The van der Waals surface area contributed by atoms with Crippen molar-refractivity contribution in [3.63, 3.8) is 0 Å². The second-order valence-corrected chi connectivity index (χ2v) is 5.02. The Morgan fingerprint density at radius 3 is 2.86 bits per heavy atom. The largest absolute Gasteiger partial charge is 0.321 e. The van der Waals surface area contributed by atoms with Gasteiger partial charge in [0.25, 0.3) is 5.91 Å². The molecule has 3 amide bonds. The average Bonchev–Trinajstić information content (AvgIpc) is 2.74. The van der Waals surface area contributed by atoms with Crippen molar-refractivity contribution >= 4 is 34.8 Å². The molecular formula is C14H14N4O3. The summed E-state index contributed by atoms with van der Waals surface area (Å²) < 4.78 is 0. The molecule has 0 aromatic heterocycles. The van der Waals surface area contributed by atoms with Crippen LogP contribution in [0.15, 0.2) is 23.3 Å². The quantitative estimate of drug-likeness (QED) is 0.825. The highest BCUT2D eigenvalue weighted by molar-refractivity contribution is 6.43. The number of anilines is 2. The summed E-state index contributed by atoms with van der Waals surface area (Å²) in [5, 5.41) is 6.48. The summed E-state index contributed by atoms with van der Waals surface area (Å²) in [6, 6.07) is 5.34. The molecule has 0 unspecified atom stereocenters. The molecule has 0 fully saturated rings. The Bertz CT molecular complexity index is 681. The van der Waals surface area contributed by atoms with Gasteiger partial charge in [0.2, 0.25) is 11.8 Å². The van der Waals surface area contributed by atoms with E-state index in [4.69, 9.17) is 0 Å². The number of hydrazone groups is 1. The van der Waals surface area contributed by atoms with E-state index in [2.05, 4.69) is 15.8 Å². The van der Waals surface area contributed by atoms with Crippen LogP contribution in [0.4, 0.5) is 11.4 Å². The van der Waals surface area contributed by atoms with Gasteiger partial charge in [-0.3, -0.25) is 14.4 Å². The smallest absolute Gasteiger partial charge is 0.271 e. The highest BCUT2D eigenvalue weighted by atomic mass is 16.2. The van der Waals surface area contributed by atoms with Gasteiger partial charge in [0, 0.05) is 31.3 Å². The van der Waals surface area contributed by atoms with E-state index < -0.39 is 0 Å². The zero-order valence-corrected chi connectivity index (χ0v) is 11.5. The number of hydrogen-bond acceptors (Lipinski definition) is 4. The fraction of sp³-hybridized carbons (Fsp3) is 0.286. The molecular weight excluding hydrogens is 272 g/mol. The Morgan fingerprint density at radius 2 is 2.14 bits per heavy atom. The van der Waals surface area contributed by atoms with Crippen LogP contribution in [-0.2, 0) is 20.8 Å². The molecule has 0 saturated heterocycles. The third-order valence-corrected chi connectivity index (χ3v) is 3.58. The number of likely N-dealkylation sites (N-methyl/N-ethyl adjacent to an activating group) is 1. The number of carbonyl (C=O) groups is 3. The molecule has 2 heterocycles. The lowest BCUT2D eigenvalue weighted by Gasteiger charge is -2.13. The van der Waals surface area contributed by atoms with Crippen molar-refractivity contribution in [1.29, 1.82) is 0 Å². The highest BCUT2D eigenvalue weighted by Crippen LogP contribution is 2.29. The number of nitrogens with one attached hydrogen (secondary N) is 2. The van der Waals surface area contributed by atoms with E-state index in [1.165, 1.54) is 0 Å². The molecule has 7 nitrogen and oxygen atoms in total. The van der Waals surface area contributed by atoms with Gasteiger partial charge >= 0.3 is 0 Å². The first kappa shape index (κ1) is 13.3. The van der Waals surface area contributed by atoms with Gasteiger partial charge in [-0.15, -0.1) is 0 Å². The zero-order chi connectivity index (χ0) is 15.0. The maximum atomic E-state index is 12.0. The van der Waals surface area contributed by atoms with Crippen molar-refractivity contribution in [2.75, 3.05) is 17.3 Å². The fourth-order valence-electron chi connectivity index (χ4n) is 2.39. The summed E-state index contributed by atoms with van der Waals surface area (Å²) in [5.74, 6) is -0.494. The van der Waals surface area contributed by atoms with E-state index in [0.29, 0.717) is 24.2 Å². The molecule has 1 aromatic carbocycles. The number of carbonyl (C=O) groups excluding carboxylic acids is 3. The van der Waals surface area contributed by atoms with Gasteiger partial charge in [-0.05, 0) is 23.8 Å². The first-order valence-electron chi connectivity index (χ1n) is 6.61. The Hall–Kier alpha value is -2.70. The van der Waals surface area contributed by atoms with E-state index >= 15 is 0 Å². The summed E-state index contributed by atoms with van der Waals surface area (Å²) in [6.07, 6.45) is 0.923. The van der Waals surface area contributed by atoms with Crippen LogP contribution in [0.3, 0.4) is 0 Å². The minimum Gasteiger partial charge on any atom is -0.321 e. The number of hydrogen-bond donors (Lipinski definition) is 2. The van der Waals surface area contributed by atoms with Gasteiger partial charge in [-0.1, -0.05) is 0 Å². The number of fused-ring (bicyclic) bond motifs is 1. The van der Waals surface area contributed by atoms with Gasteiger partial charge in [0.05, 0.1) is 6.42 Å². The van der Waals surface area contributed by atoms with Crippen LogP contribution in [0, 0.1) is 0 Å².